The van der Waals surface area contributed by atoms with E-state index in [1.165, 1.54) is 0 Å². The van der Waals surface area contributed by atoms with Gasteiger partial charge in [-0.05, 0) is 18.6 Å². The number of likely N-dealkylation sites (tertiary alicyclic amines) is 1. The summed E-state index contributed by atoms with van der Waals surface area (Å²) in [7, 11) is 0. The van der Waals surface area contributed by atoms with E-state index in [1.54, 1.807) is 11.2 Å². The summed E-state index contributed by atoms with van der Waals surface area (Å²) in [6, 6.07) is 3.36. The molecule has 0 aromatic carbocycles. The zero-order valence-corrected chi connectivity index (χ0v) is 7.27. The highest BCUT2D eigenvalue weighted by molar-refractivity contribution is 5.83. The van der Waals surface area contributed by atoms with Crippen molar-refractivity contribution in [2.45, 2.75) is 19.0 Å². The Morgan fingerprint density at radius 1 is 1.69 bits per heavy atom. The second-order valence-electron chi connectivity index (χ2n) is 3.23. The minimum absolute atomic E-state index is 0.0244. The number of hydrogen-bond donors (Lipinski definition) is 1. The highest BCUT2D eigenvalue weighted by Crippen LogP contribution is 2.13. The van der Waals surface area contributed by atoms with Gasteiger partial charge in [-0.25, -0.2) is 0 Å². The SMILES string of the molecule is NC1CCN(Cc2ccco2)C1=O. The van der Waals surface area contributed by atoms with Crippen molar-refractivity contribution in [3.05, 3.63) is 24.2 Å². The molecule has 70 valence electrons. The van der Waals surface area contributed by atoms with Gasteiger partial charge in [0.1, 0.15) is 5.76 Å². The molecule has 13 heavy (non-hydrogen) atoms. The molecule has 1 aromatic rings. The van der Waals surface area contributed by atoms with Crippen LogP contribution < -0.4 is 5.73 Å². The molecule has 1 saturated heterocycles. The van der Waals surface area contributed by atoms with Gasteiger partial charge < -0.3 is 15.1 Å². The first-order valence-corrected chi connectivity index (χ1v) is 4.34. The molecule has 4 nitrogen and oxygen atoms in total. The van der Waals surface area contributed by atoms with Crippen molar-refractivity contribution in [3.63, 3.8) is 0 Å². The molecule has 0 spiro atoms. The third-order valence-corrected chi connectivity index (χ3v) is 2.27. The number of amides is 1. The van der Waals surface area contributed by atoms with Gasteiger partial charge in [0.2, 0.25) is 5.91 Å². The smallest absolute Gasteiger partial charge is 0.239 e. The van der Waals surface area contributed by atoms with E-state index in [-0.39, 0.29) is 11.9 Å². The quantitative estimate of drug-likeness (QED) is 0.714. The maximum Gasteiger partial charge on any atom is 0.239 e. The van der Waals surface area contributed by atoms with E-state index in [0.29, 0.717) is 6.54 Å². The van der Waals surface area contributed by atoms with Crippen molar-refractivity contribution < 1.29 is 9.21 Å². The molecule has 4 heteroatoms. The number of nitrogens with zero attached hydrogens (tertiary/aromatic N) is 1. The summed E-state index contributed by atoms with van der Waals surface area (Å²) in [4.78, 5) is 13.1. The Kier molecular flexibility index (Phi) is 2.06. The van der Waals surface area contributed by atoms with Crippen LogP contribution in [0, 0.1) is 0 Å². The first-order valence-electron chi connectivity index (χ1n) is 4.34. The molecule has 1 atom stereocenters. The minimum Gasteiger partial charge on any atom is -0.467 e. The first-order chi connectivity index (χ1) is 6.27. The predicted molar refractivity (Wildman–Crippen MR) is 46.7 cm³/mol. The fourth-order valence-corrected chi connectivity index (χ4v) is 1.51. The predicted octanol–water partition coefficient (Wildman–Crippen LogP) is 0.339. The van der Waals surface area contributed by atoms with Crippen LogP contribution in [0.1, 0.15) is 12.2 Å². The second kappa shape index (κ2) is 3.22. The molecular formula is C9H12N2O2. The number of rotatable bonds is 2. The van der Waals surface area contributed by atoms with E-state index < -0.39 is 0 Å². The molecule has 0 aliphatic carbocycles. The fourth-order valence-electron chi connectivity index (χ4n) is 1.51. The van der Waals surface area contributed by atoms with E-state index in [4.69, 9.17) is 10.2 Å². The zero-order chi connectivity index (χ0) is 9.26. The van der Waals surface area contributed by atoms with Crippen LogP contribution in [0.15, 0.2) is 22.8 Å². The van der Waals surface area contributed by atoms with Gasteiger partial charge in [0.05, 0.1) is 18.8 Å². The molecule has 1 amide bonds. The average Bonchev–Trinajstić information content (AvgIpc) is 2.71. The van der Waals surface area contributed by atoms with Gasteiger partial charge in [-0.15, -0.1) is 0 Å². The highest BCUT2D eigenvalue weighted by Gasteiger charge is 2.28. The number of carbonyl (C=O) groups is 1. The second-order valence-corrected chi connectivity index (χ2v) is 3.23. The van der Waals surface area contributed by atoms with E-state index in [1.807, 2.05) is 12.1 Å². The lowest BCUT2D eigenvalue weighted by Crippen LogP contribution is -2.33. The minimum atomic E-state index is -0.310. The van der Waals surface area contributed by atoms with Gasteiger partial charge in [-0.2, -0.15) is 0 Å². The number of nitrogens with two attached hydrogens (primary N) is 1. The lowest BCUT2D eigenvalue weighted by molar-refractivity contribution is -0.129. The summed E-state index contributed by atoms with van der Waals surface area (Å²) in [5.41, 5.74) is 5.58. The molecule has 1 fully saturated rings. The summed E-state index contributed by atoms with van der Waals surface area (Å²) < 4.78 is 5.14. The van der Waals surface area contributed by atoms with Gasteiger partial charge in [0.25, 0.3) is 0 Å². The largest absolute Gasteiger partial charge is 0.467 e. The molecule has 1 aromatic heterocycles. The Bertz CT molecular complexity index is 295. The molecule has 0 bridgehead atoms. The molecule has 0 saturated carbocycles. The van der Waals surface area contributed by atoms with E-state index in [0.717, 1.165) is 18.7 Å². The van der Waals surface area contributed by atoms with Crippen molar-refractivity contribution in [1.29, 1.82) is 0 Å². The van der Waals surface area contributed by atoms with Crippen molar-refractivity contribution in [2.75, 3.05) is 6.54 Å². The van der Waals surface area contributed by atoms with Crippen LogP contribution in [0.2, 0.25) is 0 Å². The van der Waals surface area contributed by atoms with Crippen LogP contribution in [-0.4, -0.2) is 23.4 Å². The average molecular weight is 180 g/mol. The normalized spacial score (nSPS) is 22.7. The van der Waals surface area contributed by atoms with E-state index in [9.17, 15) is 4.79 Å². The molecule has 1 unspecified atom stereocenters. The summed E-state index contributed by atoms with van der Waals surface area (Å²) >= 11 is 0. The Labute approximate surface area is 76.3 Å². The number of hydrogen-bond acceptors (Lipinski definition) is 3. The summed E-state index contributed by atoms with van der Waals surface area (Å²) in [6.07, 6.45) is 2.36. The maximum atomic E-state index is 11.4. The van der Waals surface area contributed by atoms with Gasteiger partial charge in [-0.3, -0.25) is 4.79 Å². The van der Waals surface area contributed by atoms with Crippen molar-refractivity contribution >= 4 is 5.91 Å². The Morgan fingerprint density at radius 2 is 2.54 bits per heavy atom. The number of furan rings is 1. The van der Waals surface area contributed by atoms with Gasteiger partial charge in [-0.1, -0.05) is 0 Å². The standard InChI is InChI=1S/C9H12N2O2/c10-8-3-4-11(9(8)12)6-7-2-1-5-13-7/h1-2,5,8H,3-4,6,10H2. The monoisotopic (exact) mass is 180 g/mol. The Morgan fingerprint density at radius 3 is 3.08 bits per heavy atom. The van der Waals surface area contributed by atoms with Crippen LogP contribution in [-0.2, 0) is 11.3 Å². The van der Waals surface area contributed by atoms with Crippen LogP contribution >= 0.6 is 0 Å². The molecular weight excluding hydrogens is 168 g/mol. The lowest BCUT2D eigenvalue weighted by Gasteiger charge is -2.13. The van der Waals surface area contributed by atoms with Crippen molar-refractivity contribution in [3.8, 4) is 0 Å². The molecule has 2 rings (SSSR count). The highest BCUT2D eigenvalue weighted by atomic mass is 16.3. The Hall–Kier alpha value is -1.29. The molecule has 2 N–H and O–H groups in total. The van der Waals surface area contributed by atoms with Crippen molar-refractivity contribution in [2.24, 2.45) is 5.73 Å². The van der Waals surface area contributed by atoms with Gasteiger partial charge >= 0.3 is 0 Å². The molecule has 1 aliphatic heterocycles. The van der Waals surface area contributed by atoms with Crippen LogP contribution in [0.25, 0.3) is 0 Å². The van der Waals surface area contributed by atoms with Crippen LogP contribution in [0.3, 0.4) is 0 Å². The fraction of sp³-hybridized carbons (Fsp3) is 0.444. The molecule has 0 radical (unpaired) electrons. The lowest BCUT2D eigenvalue weighted by atomic mass is 10.3. The van der Waals surface area contributed by atoms with E-state index >= 15 is 0 Å². The Balaban J connectivity index is 2.00. The van der Waals surface area contributed by atoms with Crippen molar-refractivity contribution in [1.82, 2.24) is 4.90 Å². The summed E-state index contributed by atoms with van der Waals surface area (Å²) in [5.74, 6) is 0.832. The third-order valence-electron chi connectivity index (χ3n) is 2.27. The maximum absolute atomic E-state index is 11.4. The molecule has 1 aliphatic rings. The number of carbonyl (C=O) groups excluding carboxylic acids is 1. The van der Waals surface area contributed by atoms with Crippen LogP contribution in [0.5, 0.6) is 0 Å². The third kappa shape index (κ3) is 1.58. The zero-order valence-electron chi connectivity index (χ0n) is 7.27. The van der Waals surface area contributed by atoms with Gasteiger partial charge in [0, 0.05) is 6.54 Å². The first kappa shape index (κ1) is 8.31. The topological polar surface area (TPSA) is 59.5 Å². The van der Waals surface area contributed by atoms with E-state index in [2.05, 4.69) is 0 Å². The van der Waals surface area contributed by atoms with Gasteiger partial charge in [0.15, 0.2) is 0 Å². The summed E-state index contributed by atoms with van der Waals surface area (Å²) in [6.45, 7) is 1.28. The van der Waals surface area contributed by atoms with Crippen LogP contribution in [0.4, 0.5) is 0 Å². The molecule has 2 heterocycles. The summed E-state index contributed by atoms with van der Waals surface area (Å²) in [5, 5.41) is 0.